The molecule has 0 bridgehead atoms. The molecule has 0 unspecified atom stereocenters. The Morgan fingerprint density at radius 1 is 1.50 bits per heavy atom. The number of carbonyl (C=O) groups is 1. The van der Waals surface area contributed by atoms with Gasteiger partial charge in [0, 0.05) is 30.9 Å². The number of alkyl halides is 3. The molecule has 5 nitrogen and oxygen atoms in total. The van der Waals surface area contributed by atoms with Crippen LogP contribution in [0.1, 0.15) is 17.4 Å². The van der Waals surface area contributed by atoms with Crippen LogP contribution >= 0.6 is 0 Å². The largest absolute Gasteiger partial charge is 0.490 e. The van der Waals surface area contributed by atoms with E-state index in [9.17, 15) is 13.2 Å². The van der Waals surface area contributed by atoms with Crippen molar-refractivity contribution in [2.24, 2.45) is 0 Å². The summed E-state index contributed by atoms with van der Waals surface area (Å²) in [7, 11) is 0. The highest BCUT2D eigenvalue weighted by molar-refractivity contribution is 5.73. The zero-order valence-electron chi connectivity index (χ0n) is 9.53. The Hall–Kier alpha value is -1.70. The maximum atomic E-state index is 10.6. The van der Waals surface area contributed by atoms with Crippen molar-refractivity contribution in [3.8, 4) is 0 Å². The Morgan fingerprint density at radius 3 is 2.39 bits per heavy atom. The molecule has 2 rings (SSSR count). The van der Waals surface area contributed by atoms with Crippen molar-refractivity contribution in [2.45, 2.75) is 19.0 Å². The fourth-order valence-electron chi connectivity index (χ4n) is 1.20. The van der Waals surface area contributed by atoms with Gasteiger partial charge in [0.2, 0.25) is 0 Å². The minimum Gasteiger partial charge on any atom is -0.475 e. The first-order valence-electron chi connectivity index (χ1n) is 5.11. The fourth-order valence-corrected chi connectivity index (χ4v) is 1.20. The van der Waals surface area contributed by atoms with Gasteiger partial charge in [0.1, 0.15) is 5.82 Å². The van der Waals surface area contributed by atoms with Crippen LogP contribution < -0.4 is 5.32 Å². The van der Waals surface area contributed by atoms with Crippen LogP contribution in [0.4, 0.5) is 13.2 Å². The molecule has 8 heteroatoms. The van der Waals surface area contributed by atoms with Crippen LogP contribution in [0.2, 0.25) is 0 Å². The summed E-state index contributed by atoms with van der Waals surface area (Å²) < 4.78 is 31.7. The molecular formula is C10H12F3N3O2. The van der Waals surface area contributed by atoms with Crippen molar-refractivity contribution in [3.63, 3.8) is 0 Å². The zero-order valence-corrected chi connectivity index (χ0v) is 9.53. The van der Waals surface area contributed by atoms with E-state index in [1.807, 2.05) is 19.2 Å². The third kappa shape index (κ3) is 4.28. The number of aliphatic carboxylic acids is 1. The van der Waals surface area contributed by atoms with Crippen molar-refractivity contribution >= 4 is 5.97 Å². The number of aryl methyl sites for hydroxylation is 1. The van der Waals surface area contributed by atoms with Gasteiger partial charge >= 0.3 is 12.1 Å². The summed E-state index contributed by atoms with van der Waals surface area (Å²) in [5, 5.41) is 10.3. The molecule has 0 atom stereocenters. The maximum absolute atomic E-state index is 10.6. The SMILES string of the molecule is Cc1nccc(C2CNC2)n1.O=C(O)C(F)(F)F. The van der Waals surface area contributed by atoms with E-state index in [0.717, 1.165) is 18.9 Å². The molecule has 2 heterocycles. The van der Waals surface area contributed by atoms with Crippen LogP contribution in [0.3, 0.4) is 0 Å². The molecule has 100 valence electrons. The maximum Gasteiger partial charge on any atom is 0.490 e. The van der Waals surface area contributed by atoms with Crippen LogP contribution in [0.15, 0.2) is 12.3 Å². The molecule has 0 radical (unpaired) electrons. The molecule has 2 N–H and O–H groups in total. The van der Waals surface area contributed by atoms with Gasteiger partial charge in [-0.25, -0.2) is 14.8 Å². The molecule has 0 aliphatic carbocycles. The van der Waals surface area contributed by atoms with Crippen molar-refractivity contribution in [3.05, 3.63) is 23.8 Å². The summed E-state index contributed by atoms with van der Waals surface area (Å²) in [6, 6.07) is 2.00. The predicted molar refractivity (Wildman–Crippen MR) is 56.1 cm³/mol. The number of nitrogens with zero attached hydrogens (tertiary/aromatic N) is 2. The van der Waals surface area contributed by atoms with Crippen LogP contribution in [-0.4, -0.2) is 40.3 Å². The number of carboxylic acids is 1. The highest BCUT2D eigenvalue weighted by Gasteiger charge is 2.38. The van der Waals surface area contributed by atoms with Gasteiger partial charge in [-0.1, -0.05) is 0 Å². The van der Waals surface area contributed by atoms with E-state index < -0.39 is 12.1 Å². The fraction of sp³-hybridized carbons (Fsp3) is 0.500. The first-order valence-corrected chi connectivity index (χ1v) is 5.11. The molecule has 0 saturated carbocycles. The van der Waals surface area contributed by atoms with Gasteiger partial charge in [0.05, 0.1) is 0 Å². The van der Waals surface area contributed by atoms with E-state index in [1.165, 1.54) is 5.69 Å². The Labute approximate surface area is 101 Å². The first kappa shape index (κ1) is 14.4. The average molecular weight is 263 g/mol. The lowest BCUT2D eigenvalue weighted by molar-refractivity contribution is -0.192. The van der Waals surface area contributed by atoms with E-state index in [-0.39, 0.29) is 0 Å². The lowest BCUT2D eigenvalue weighted by Gasteiger charge is -2.26. The zero-order chi connectivity index (χ0) is 13.8. The number of hydrogen-bond donors (Lipinski definition) is 2. The molecule has 0 spiro atoms. The van der Waals surface area contributed by atoms with E-state index in [4.69, 9.17) is 9.90 Å². The Kier molecular flexibility index (Phi) is 4.60. The molecule has 1 fully saturated rings. The van der Waals surface area contributed by atoms with Gasteiger partial charge in [-0.15, -0.1) is 0 Å². The van der Waals surface area contributed by atoms with Crippen LogP contribution in [-0.2, 0) is 4.79 Å². The summed E-state index contributed by atoms with van der Waals surface area (Å²) in [5.41, 5.74) is 1.18. The normalized spacial score (nSPS) is 15.3. The predicted octanol–water partition coefficient (Wildman–Crippen LogP) is 1.11. The van der Waals surface area contributed by atoms with Crippen molar-refractivity contribution in [1.29, 1.82) is 0 Å². The Bertz CT molecular complexity index is 419. The van der Waals surface area contributed by atoms with Crippen molar-refractivity contribution in [2.75, 3.05) is 13.1 Å². The van der Waals surface area contributed by atoms with Gasteiger partial charge < -0.3 is 10.4 Å². The van der Waals surface area contributed by atoms with Crippen LogP contribution in [0.25, 0.3) is 0 Å². The van der Waals surface area contributed by atoms with Gasteiger partial charge in [0.15, 0.2) is 0 Å². The van der Waals surface area contributed by atoms with Crippen LogP contribution in [0.5, 0.6) is 0 Å². The van der Waals surface area contributed by atoms with Gasteiger partial charge in [-0.3, -0.25) is 0 Å². The molecule has 1 aliphatic heterocycles. The third-order valence-electron chi connectivity index (χ3n) is 2.24. The van der Waals surface area contributed by atoms with Gasteiger partial charge in [-0.2, -0.15) is 13.2 Å². The molecular weight excluding hydrogens is 251 g/mol. The lowest BCUT2D eigenvalue weighted by Crippen LogP contribution is -2.40. The number of nitrogens with one attached hydrogen (secondary N) is 1. The van der Waals surface area contributed by atoms with E-state index in [2.05, 4.69) is 15.3 Å². The molecule has 1 aliphatic rings. The quantitative estimate of drug-likeness (QED) is 0.793. The summed E-state index contributed by atoms with van der Waals surface area (Å²) >= 11 is 0. The molecule has 1 saturated heterocycles. The Balaban J connectivity index is 0.000000203. The summed E-state index contributed by atoms with van der Waals surface area (Å²) in [5.74, 6) is -1.27. The second kappa shape index (κ2) is 5.76. The lowest BCUT2D eigenvalue weighted by atomic mass is 9.99. The number of hydrogen-bond acceptors (Lipinski definition) is 4. The minimum atomic E-state index is -5.08. The number of rotatable bonds is 1. The standard InChI is InChI=1S/C8H11N3.C2HF3O2/c1-6-10-3-2-8(11-6)7-4-9-5-7;3-2(4,5)1(6)7/h2-3,7,9H,4-5H2,1H3;(H,6,7). The molecule has 18 heavy (non-hydrogen) atoms. The summed E-state index contributed by atoms with van der Waals surface area (Å²) in [6.07, 6.45) is -3.25. The van der Waals surface area contributed by atoms with E-state index in [0.29, 0.717) is 5.92 Å². The molecule has 1 aromatic heterocycles. The topological polar surface area (TPSA) is 75.1 Å². The number of halogens is 3. The molecule has 0 amide bonds. The van der Waals surface area contributed by atoms with E-state index in [1.54, 1.807) is 0 Å². The molecule has 1 aromatic rings. The Morgan fingerprint density at radius 2 is 2.06 bits per heavy atom. The second-order valence-corrected chi connectivity index (χ2v) is 3.69. The van der Waals surface area contributed by atoms with Gasteiger partial charge in [0.25, 0.3) is 0 Å². The first-order chi connectivity index (χ1) is 8.30. The third-order valence-corrected chi connectivity index (χ3v) is 2.24. The summed E-state index contributed by atoms with van der Waals surface area (Å²) in [6.45, 7) is 4.06. The molecule has 0 aromatic carbocycles. The number of aromatic nitrogens is 2. The smallest absolute Gasteiger partial charge is 0.475 e. The minimum absolute atomic E-state index is 0.622. The highest BCUT2D eigenvalue weighted by atomic mass is 19.4. The van der Waals surface area contributed by atoms with Gasteiger partial charge in [-0.05, 0) is 13.0 Å². The van der Waals surface area contributed by atoms with E-state index >= 15 is 0 Å². The highest BCUT2D eigenvalue weighted by Crippen LogP contribution is 2.16. The van der Waals surface area contributed by atoms with Crippen LogP contribution in [0, 0.1) is 6.92 Å². The monoisotopic (exact) mass is 263 g/mol. The second-order valence-electron chi connectivity index (χ2n) is 3.69. The number of carboxylic acid groups (broad SMARTS) is 1. The summed E-state index contributed by atoms with van der Waals surface area (Å²) in [4.78, 5) is 17.3. The van der Waals surface area contributed by atoms with Crippen molar-refractivity contribution < 1.29 is 23.1 Å². The average Bonchev–Trinajstić information content (AvgIpc) is 2.14. The van der Waals surface area contributed by atoms with Crippen molar-refractivity contribution in [1.82, 2.24) is 15.3 Å².